The summed E-state index contributed by atoms with van der Waals surface area (Å²) in [5.74, 6) is 2.27. The van der Waals surface area contributed by atoms with Crippen molar-refractivity contribution in [3.63, 3.8) is 0 Å². The van der Waals surface area contributed by atoms with Crippen LogP contribution in [0.15, 0.2) is 36.5 Å². The first-order chi connectivity index (χ1) is 10.3. The summed E-state index contributed by atoms with van der Waals surface area (Å²) < 4.78 is 16.0. The Balaban J connectivity index is 1.67. The summed E-state index contributed by atoms with van der Waals surface area (Å²) in [6, 6.07) is 10.1. The van der Waals surface area contributed by atoms with Crippen molar-refractivity contribution in [2.24, 2.45) is 0 Å². The maximum atomic E-state index is 5.41. The molecule has 21 heavy (non-hydrogen) atoms. The zero-order valence-corrected chi connectivity index (χ0v) is 12.1. The monoisotopic (exact) mass is 286 g/mol. The third-order valence-corrected chi connectivity index (χ3v) is 3.54. The van der Waals surface area contributed by atoms with Crippen LogP contribution < -0.4 is 19.5 Å². The average molecular weight is 286 g/mol. The maximum absolute atomic E-state index is 5.41. The molecule has 1 aliphatic heterocycles. The molecule has 1 N–H and O–H groups in total. The molecule has 110 valence electrons. The van der Waals surface area contributed by atoms with Gasteiger partial charge in [0.25, 0.3) is 0 Å². The van der Waals surface area contributed by atoms with Crippen LogP contribution >= 0.6 is 0 Å². The van der Waals surface area contributed by atoms with Gasteiger partial charge in [0.1, 0.15) is 0 Å². The Morgan fingerprint density at radius 1 is 1.29 bits per heavy atom. The first-order valence-corrected chi connectivity index (χ1v) is 6.88. The molecule has 3 rings (SSSR count). The fraction of sp³-hybridized carbons (Fsp3) is 0.312. The van der Waals surface area contributed by atoms with Crippen LogP contribution in [0.5, 0.6) is 17.4 Å². The number of pyridine rings is 1. The zero-order chi connectivity index (χ0) is 14.7. The van der Waals surface area contributed by atoms with Gasteiger partial charge in [0.2, 0.25) is 12.7 Å². The van der Waals surface area contributed by atoms with Crippen LogP contribution in [0.4, 0.5) is 0 Å². The fourth-order valence-electron chi connectivity index (χ4n) is 2.31. The summed E-state index contributed by atoms with van der Waals surface area (Å²) in [6.07, 6.45) is 1.73. The van der Waals surface area contributed by atoms with Gasteiger partial charge in [-0.15, -0.1) is 0 Å². The van der Waals surface area contributed by atoms with E-state index >= 15 is 0 Å². The highest BCUT2D eigenvalue weighted by Crippen LogP contribution is 2.34. The summed E-state index contributed by atoms with van der Waals surface area (Å²) in [4.78, 5) is 4.20. The van der Waals surface area contributed by atoms with Crippen LogP contribution in [-0.4, -0.2) is 18.9 Å². The molecule has 5 nitrogen and oxygen atoms in total. The Kier molecular flexibility index (Phi) is 3.92. The van der Waals surface area contributed by atoms with Gasteiger partial charge in [0, 0.05) is 24.3 Å². The number of benzene rings is 1. The Bertz CT molecular complexity index is 631. The van der Waals surface area contributed by atoms with E-state index in [9.17, 15) is 0 Å². The quantitative estimate of drug-likeness (QED) is 0.915. The SMILES string of the molecule is COc1ncccc1CNC(C)c1ccc2c(c1)OCO2. The second-order valence-corrected chi connectivity index (χ2v) is 4.89. The van der Waals surface area contributed by atoms with Crippen molar-refractivity contribution in [3.05, 3.63) is 47.7 Å². The van der Waals surface area contributed by atoms with Crippen LogP contribution in [0.2, 0.25) is 0 Å². The van der Waals surface area contributed by atoms with Crippen LogP contribution in [0.1, 0.15) is 24.1 Å². The molecule has 0 saturated heterocycles. The van der Waals surface area contributed by atoms with Gasteiger partial charge in [-0.05, 0) is 30.7 Å². The summed E-state index contributed by atoms with van der Waals surface area (Å²) in [5, 5.41) is 3.46. The van der Waals surface area contributed by atoms with E-state index in [4.69, 9.17) is 14.2 Å². The van der Waals surface area contributed by atoms with Crippen LogP contribution in [-0.2, 0) is 6.54 Å². The van der Waals surface area contributed by atoms with E-state index < -0.39 is 0 Å². The first kappa shape index (κ1) is 13.7. The maximum Gasteiger partial charge on any atom is 0.231 e. The van der Waals surface area contributed by atoms with Crippen molar-refractivity contribution in [1.82, 2.24) is 10.3 Å². The molecule has 0 spiro atoms. The van der Waals surface area contributed by atoms with E-state index in [-0.39, 0.29) is 6.04 Å². The summed E-state index contributed by atoms with van der Waals surface area (Å²) in [5.41, 5.74) is 2.19. The molecule has 0 amide bonds. The number of hydrogen-bond acceptors (Lipinski definition) is 5. The number of nitrogens with one attached hydrogen (secondary N) is 1. The molecule has 1 aromatic heterocycles. The third-order valence-electron chi connectivity index (χ3n) is 3.54. The van der Waals surface area contributed by atoms with E-state index in [2.05, 4.69) is 17.2 Å². The van der Waals surface area contributed by atoms with Gasteiger partial charge < -0.3 is 19.5 Å². The predicted octanol–water partition coefficient (Wildman–Crippen LogP) is 2.67. The van der Waals surface area contributed by atoms with Crippen LogP contribution in [0.3, 0.4) is 0 Å². The zero-order valence-electron chi connectivity index (χ0n) is 12.1. The Labute approximate surface area is 123 Å². The predicted molar refractivity (Wildman–Crippen MR) is 78.6 cm³/mol. The minimum Gasteiger partial charge on any atom is -0.481 e. The number of fused-ring (bicyclic) bond motifs is 1. The van der Waals surface area contributed by atoms with E-state index in [1.807, 2.05) is 30.3 Å². The topological polar surface area (TPSA) is 52.6 Å². The molecule has 0 aliphatic carbocycles. The van der Waals surface area contributed by atoms with Gasteiger partial charge in [-0.25, -0.2) is 4.98 Å². The molecule has 1 aliphatic rings. The highest BCUT2D eigenvalue weighted by molar-refractivity contribution is 5.45. The highest BCUT2D eigenvalue weighted by Gasteiger charge is 2.15. The van der Waals surface area contributed by atoms with E-state index in [0.29, 0.717) is 19.2 Å². The van der Waals surface area contributed by atoms with Gasteiger partial charge in [0.15, 0.2) is 11.5 Å². The normalized spacial score (nSPS) is 14.0. The first-order valence-electron chi connectivity index (χ1n) is 6.88. The smallest absolute Gasteiger partial charge is 0.231 e. The molecule has 0 radical (unpaired) electrons. The Morgan fingerprint density at radius 3 is 3.00 bits per heavy atom. The summed E-state index contributed by atoms with van der Waals surface area (Å²) in [7, 11) is 1.63. The molecular formula is C16H18N2O3. The summed E-state index contributed by atoms with van der Waals surface area (Å²) >= 11 is 0. The number of rotatable bonds is 5. The number of ether oxygens (including phenoxy) is 3. The summed E-state index contributed by atoms with van der Waals surface area (Å²) in [6.45, 7) is 3.10. The number of methoxy groups -OCH3 is 1. The average Bonchev–Trinajstić information content (AvgIpc) is 3.00. The molecule has 0 saturated carbocycles. The molecule has 1 aromatic carbocycles. The van der Waals surface area contributed by atoms with Crippen molar-refractivity contribution < 1.29 is 14.2 Å². The third kappa shape index (κ3) is 2.92. The van der Waals surface area contributed by atoms with Gasteiger partial charge in [-0.1, -0.05) is 12.1 Å². The lowest BCUT2D eigenvalue weighted by molar-refractivity contribution is 0.174. The van der Waals surface area contributed by atoms with Gasteiger partial charge in [-0.2, -0.15) is 0 Å². The van der Waals surface area contributed by atoms with Gasteiger partial charge in [0.05, 0.1) is 7.11 Å². The standard InChI is InChI=1S/C16H18N2O3/c1-11(12-5-6-14-15(8-12)21-10-20-14)18-9-13-4-3-7-17-16(13)19-2/h3-8,11,18H,9-10H2,1-2H3. The minimum absolute atomic E-state index is 0.185. The molecular weight excluding hydrogens is 268 g/mol. The fourth-order valence-corrected chi connectivity index (χ4v) is 2.31. The molecule has 0 bridgehead atoms. The van der Waals surface area contributed by atoms with E-state index in [0.717, 1.165) is 22.6 Å². The highest BCUT2D eigenvalue weighted by atomic mass is 16.7. The van der Waals surface area contributed by atoms with Crippen molar-refractivity contribution in [2.75, 3.05) is 13.9 Å². The van der Waals surface area contributed by atoms with Crippen LogP contribution in [0, 0.1) is 0 Å². The lowest BCUT2D eigenvalue weighted by Gasteiger charge is -2.15. The molecule has 1 unspecified atom stereocenters. The van der Waals surface area contributed by atoms with E-state index in [1.54, 1.807) is 13.3 Å². The van der Waals surface area contributed by atoms with Crippen molar-refractivity contribution in [3.8, 4) is 17.4 Å². The molecule has 5 heteroatoms. The van der Waals surface area contributed by atoms with Gasteiger partial charge in [-0.3, -0.25) is 0 Å². The second-order valence-electron chi connectivity index (χ2n) is 4.89. The second kappa shape index (κ2) is 6.01. The minimum atomic E-state index is 0.185. The van der Waals surface area contributed by atoms with E-state index in [1.165, 1.54) is 0 Å². The Morgan fingerprint density at radius 2 is 2.14 bits per heavy atom. The largest absolute Gasteiger partial charge is 0.481 e. The Hall–Kier alpha value is -2.27. The lowest BCUT2D eigenvalue weighted by atomic mass is 10.1. The molecule has 2 heterocycles. The molecule has 0 fully saturated rings. The van der Waals surface area contributed by atoms with Gasteiger partial charge >= 0.3 is 0 Å². The van der Waals surface area contributed by atoms with Crippen molar-refractivity contribution >= 4 is 0 Å². The molecule has 1 atom stereocenters. The number of nitrogens with zero attached hydrogens (tertiary/aromatic N) is 1. The lowest BCUT2D eigenvalue weighted by Crippen LogP contribution is -2.18. The number of hydrogen-bond donors (Lipinski definition) is 1. The van der Waals surface area contributed by atoms with Crippen molar-refractivity contribution in [2.45, 2.75) is 19.5 Å². The van der Waals surface area contributed by atoms with Crippen LogP contribution in [0.25, 0.3) is 0 Å². The van der Waals surface area contributed by atoms with Crippen molar-refractivity contribution in [1.29, 1.82) is 0 Å². The number of aromatic nitrogens is 1. The molecule has 2 aromatic rings.